The molecule has 2 aromatic heterocycles. The van der Waals surface area contributed by atoms with Gasteiger partial charge in [0.2, 0.25) is 0 Å². The number of nitrogens with one attached hydrogen (secondary N) is 1. The number of imidazole rings is 1. The Morgan fingerprint density at radius 2 is 2.11 bits per heavy atom. The van der Waals surface area contributed by atoms with E-state index >= 15 is 0 Å². The van der Waals surface area contributed by atoms with Gasteiger partial charge in [0.15, 0.2) is 11.4 Å². The van der Waals surface area contributed by atoms with Gasteiger partial charge in [-0.1, -0.05) is 12.1 Å². The summed E-state index contributed by atoms with van der Waals surface area (Å²) in [5.74, 6) is 3.32. The number of aryl methyl sites for hydroxylation is 2. The molecule has 1 amide bonds. The monoisotopic (exact) mass is 377 g/mol. The molecule has 0 aliphatic rings. The van der Waals surface area contributed by atoms with Gasteiger partial charge in [-0.25, -0.2) is 9.78 Å². The smallest absolute Gasteiger partial charge is 0.411 e. The lowest BCUT2D eigenvalue weighted by Gasteiger charge is -2.15. The van der Waals surface area contributed by atoms with Gasteiger partial charge in [0, 0.05) is 11.8 Å². The van der Waals surface area contributed by atoms with Crippen LogP contribution in [-0.2, 0) is 17.8 Å². The highest BCUT2D eigenvalue weighted by molar-refractivity contribution is 5.86. The lowest BCUT2D eigenvalue weighted by molar-refractivity contribution is 0.168. The average molecular weight is 377 g/mol. The molecule has 3 aromatic rings. The minimum Gasteiger partial charge on any atom is -0.485 e. The number of carbonyl (C=O) groups excluding carboxylic acids is 1. The highest BCUT2D eigenvalue weighted by Gasteiger charge is 2.14. The Kier molecular flexibility index (Phi) is 5.85. The second-order valence-corrected chi connectivity index (χ2v) is 6.33. The molecule has 2 heterocycles. The first-order valence-electron chi connectivity index (χ1n) is 9.10. The van der Waals surface area contributed by atoms with Crippen LogP contribution in [-0.4, -0.2) is 22.1 Å². The number of fused-ring (bicyclic) bond motifs is 1. The molecule has 0 aliphatic heterocycles. The van der Waals surface area contributed by atoms with Crippen molar-refractivity contribution >= 4 is 17.4 Å². The van der Waals surface area contributed by atoms with Crippen molar-refractivity contribution in [1.29, 1.82) is 0 Å². The summed E-state index contributed by atoms with van der Waals surface area (Å²) in [5.41, 5.74) is 5.13. The lowest BCUT2D eigenvalue weighted by atomic mass is 10.1. The average Bonchev–Trinajstić information content (AvgIpc) is 2.98. The molecule has 0 bridgehead atoms. The Bertz CT molecular complexity index is 1050. The number of carbonyl (C=O) groups is 1. The van der Waals surface area contributed by atoms with Gasteiger partial charge in [-0.15, -0.1) is 12.3 Å². The van der Waals surface area contributed by atoms with Gasteiger partial charge in [0.05, 0.1) is 30.1 Å². The maximum absolute atomic E-state index is 11.8. The summed E-state index contributed by atoms with van der Waals surface area (Å²) in [7, 11) is 0. The molecular formula is C22H23N3O3. The third-order valence-corrected chi connectivity index (χ3v) is 4.48. The minimum atomic E-state index is -0.487. The summed E-state index contributed by atoms with van der Waals surface area (Å²) in [6.07, 6.45) is 7.42. The van der Waals surface area contributed by atoms with Crippen LogP contribution in [0, 0.1) is 26.2 Å². The van der Waals surface area contributed by atoms with E-state index < -0.39 is 6.09 Å². The lowest BCUT2D eigenvalue weighted by Crippen LogP contribution is -2.15. The van der Waals surface area contributed by atoms with Crippen LogP contribution in [0.5, 0.6) is 5.75 Å². The second-order valence-electron chi connectivity index (χ2n) is 6.33. The van der Waals surface area contributed by atoms with Gasteiger partial charge >= 0.3 is 6.09 Å². The number of anilines is 1. The maximum Gasteiger partial charge on any atom is 0.411 e. The van der Waals surface area contributed by atoms with Crippen LogP contribution in [0.25, 0.3) is 5.65 Å². The Labute approximate surface area is 164 Å². The molecule has 6 nitrogen and oxygen atoms in total. The highest BCUT2D eigenvalue weighted by atomic mass is 16.5. The highest BCUT2D eigenvalue weighted by Crippen LogP contribution is 2.26. The molecule has 3 rings (SSSR count). The van der Waals surface area contributed by atoms with E-state index in [1.165, 1.54) is 0 Å². The molecule has 0 radical (unpaired) electrons. The van der Waals surface area contributed by atoms with E-state index in [1.54, 1.807) is 6.92 Å². The zero-order chi connectivity index (χ0) is 20.1. The standard InChI is InChI=1S/C22H23N3O3/c1-5-9-19-16(4)23-21-20(12-8-13-25(19)21)28-14-17-15(3)10-7-11-18(17)24-22(26)27-6-2/h1,7-8,10-13H,6,9,14H2,2-4H3,(H,24,26). The van der Waals surface area contributed by atoms with E-state index in [2.05, 4.69) is 16.2 Å². The first kappa shape index (κ1) is 19.3. The largest absolute Gasteiger partial charge is 0.485 e. The van der Waals surface area contributed by atoms with Crippen LogP contribution >= 0.6 is 0 Å². The number of hydrogen-bond donors (Lipinski definition) is 1. The number of ether oxygens (including phenoxy) is 2. The molecule has 0 fully saturated rings. The molecule has 28 heavy (non-hydrogen) atoms. The number of amides is 1. The zero-order valence-corrected chi connectivity index (χ0v) is 16.3. The van der Waals surface area contributed by atoms with Crippen molar-refractivity contribution < 1.29 is 14.3 Å². The molecule has 6 heteroatoms. The molecule has 0 unspecified atom stereocenters. The molecule has 0 spiro atoms. The maximum atomic E-state index is 11.8. The summed E-state index contributed by atoms with van der Waals surface area (Å²) in [4.78, 5) is 16.4. The number of pyridine rings is 1. The predicted octanol–water partition coefficient (Wildman–Crippen LogP) is 4.27. The fourth-order valence-corrected chi connectivity index (χ4v) is 3.07. The van der Waals surface area contributed by atoms with Crippen LogP contribution in [0.4, 0.5) is 10.5 Å². The molecule has 1 aromatic carbocycles. The van der Waals surface area contributed by atoms with Gasteiger partial charge in [-0.3, -0.25) is 9.72 Å². The van der Waals surface area contributed by atoms with Crippen LogP contribution < -0.4 is 10.1 Å². The zero-order valence-electron chi connectivity index (χ0n) is 16.3. The third-order valence-electron chi connectivity index (χ3n) is 4.48. The Hall–Kier alpha value is -3.46. The molecule has 0 atom stereocenters. The molecule has 144 valence electrons. The number of terminal acetylenes is 1. The normalized spacial score (nSPS) is 10.5. The summed E-state index contributed by atoms with van der Waals surface area (Å²) in [6, 6.07) is 9.45. The van der Waals surface area contributed by atoms with Crippen molar-refractivity contribution in [3.05, 3.63) is 59.0 Å². The van der Waals surface area contributed by atoms with E-state index in [4.69, 9.17) is 15.9 Å². The van der Waals surface area contributed by atoms with Crippen LogP contribution in [0.2, 0.25) is 0 Å². The number of aromatic nitrogens is 2. The van der Waals surface area contributed by atoms with Crippen LogP contribution in [0.15, 0.2) is 36.5 Å². The number of hydrogen-bond acceptors (Lipinski definition) is 4. The van der Waals surface area contributed by atoms with Crippen molar-refractivity contribution in [3.8, 4) is 18.1 Å². The van der Waals surface area contributed by atoms with Gasteiger partial charge in [0.25, 0.3) is 0 Å². The van der Waals surface area contributed by atoms with Gasteiger partial charge in [-0.05, 0) is 44.5 Å². The Morgan fingerprint density at radius 3 is 2.86 bits per heavy atom. The summed E-state index contributed by atoms with van der Waals surface area (Å²) in [6.45, 7) is 6.27. The number of benzene rings is 1. The molecule has 0 aliphatic carbocycles. The van der Waals surface area contributed by atoms with E-state index in [-0.39, 0.29) is 6.61 Å². The van der Waals surface area contributed by atoms with Crippen molar-refractivity contribution in [1.82, 2.24) is 9.38 Å². The summed E-state index contributed by atoms with van der Waals surface area (Å²) < 4.78 is 13.0. The van der Waals surface area contributed by atoms with Crippen molar-refractivity contribution in [2.75, 3.05) is 11.9 Å². The van der Waals surface area contributed by atoms with Gasteiger partial charge in [0.1, 0.15) is 6.61 Å². The Balaban J connectivity index is 1.88. The number of nitrogens with zero attached hydrogens (tertiary/aromatic N) is 2. The first-order valence-corrected chi connectivity index (χ1v) is 9.10. The SMILES string of the molecule is C#CCc1c(C)nc2c(OCc3c(C)cccc3NC(=O)OCC)cccn12. The fraction of sp³-hybridized carbons (Fsp3) is 0.273. The summed E-state index contributed by atoms with van der Waals surface area (Å²) >= 11 is 0. The van der Waals surface area contributed by atoms with E-state index in [9.17, 15) is 4.79 Å². The number of rotatable bonds is 6. The first-order chi connectivity index (χ1) is 13.5. The summed E-state index contributed by atoms with van der Waals surface area (Å²) in [5, 5.41) is 2.77. The van der Waals surface area contributed by atoms with Crippen LogP contribution in [0.3, 0.4) is 0 Å². The molecule has 1 N–H and O–H groups in total. The molecule has 0 saturated heterocycles. The van der Waals surface area contributed by atoms with E-state index in [1.807, 2.05) is 54.8 Å². The minimum absolute atomic E-state index is 0.282. The van der Waals surface area contributed by atoms with Crippen LogP contribution in [0.1, 0.15) is 29.4 Å². The van der Waals surface area contributed by atoms with Crippen molar-refractivity contribution in [2.24, 2.45) is 0 Å². The third kappa shape index (κ3) is 3.94. The molecule has 0 saturated carbocycles. The van der Waals surface area contributed by atoms with E-state index in [0.717, 1.165) is 28.2 Å². The van der Waals surface area contributed by atoms with Gasteiger partial charge < -0.3 is 9.47 Å². The van der Waals surface area contributed by atoms with Gasteiger partial charge in [-0.2, -0.15) is 0 Å². The molecular weight excluding hydrogens is 354 g/mol. The van der Waals surface area contributed by atoms with E-state index in [0.29, 0.717) is 24.5 Å². The topological polar surface area (TPSA) is 64.9 Å². The second kappa shape index (κ2) is 8.49. The van der Waals surface area contributed by atoms with Crippen molar-refractivity contribution in [2.45, 2.75) is 33.8 Å². The van der Waals surface area contributed by atoms with Crippen molar-refractivity contribution in [3.63, 3.8) is 0 Å². The quantitative estimate of drug-likeness (QED) is 0.652. The fourth-order valence-electron chi connectivity index (χ4n) is 3.07. The Morgan fingerprint density at radius 1 is 1.29 bits per heavy atom. The predicted molar refractivity (Wildman–Crippen MR) is 109 cm³/mol.